The van der Waals surface area contributed by atoms with Crippen LogP contribution in [0.1, 0.15) is 44.8 Å². The lowest BCUT2D eigenvalue weighted by atomic mass is 9.99. The first-order chi connectivity index (χ1) is 11.1. The second kappa shape index (κ2) is 7.45. The number of anilines is 1. The molecule has 3 heterocycles. The molecule has 1 aromatic rings. The summed E-state index contributed by atoms with van der Waals surface area (Å²) in [4.78, 5) is 17.3. The average Bonchev–Trinajstić information content (AvgIpc) is 3.00. The summed E-state index contributed by atoms with van der Waals surface area (Å²) in [5.74, 6) is 1.20. The van der Waals surface area contributed by atoms with E-state index in [0.717, 1.165) is 13.1 Å². The molecule has 1 unspecified atom stereocenters. The zero-order chi connectivity index (χ0) is 16.2. The van der Waals surface area contributed by atoms with Crippen LogP contribution in [-0.4, -0.2) is 59.1 Å². The van der Waals surface area contributed by atoms with Crippen molar-refractivity contribution in [1.29, 1.82) is 0 Å². The van der Waals surface area contributed by atoms with Gasteiger partial charge in [0.05, 0.1) is 6.04 Å². The Balaban J connectivity index is 1.47. The van der Waals surface area contributed by atoms with Crippen molar-refractivity contribution in [2.24, 2.45) is 0 Å². The van der Waals surface area contributed by atoms with Crippen LogP contribution in [0.4, 0.5) is 5.82 Å². The fourth-order valence-corrected chi connectivity index (χ4v) is 3.74. The fourth-order valence-electron chi connectivity index (χ4n) is 3.74. The third kappa shape index (κ3) is 4.12. The highest BCUT2D eigenvalue weighted by Gasteiger charge is 2.30. The van der Waals surface area contributed by atoms with E-state index in [-0.39, 0.29) is 11.9 Å². The number of piperidine rings is 2. The largest absolute Gasteiger partial charge is 0.360 e. The molecule has 1 amide bonds. The molecule has 2 aliphatic rings. The molecule has 0 aromatic carbocycles. The van der Waals surface area contributed by atoms with Crippen molar-refractivity contribution >= 4 is 11.7 Å². The number of likely N-dealkylation sites (tertiary alicyclic amines) is 2. The quantitative estimate of drug-likeness (QED) is 0.922. The Bertz CT molecular complexity index is 516. The van der Waals surface area contributed by atoms with Gasteiger partial charge in [0, 0.05) is 25.2 Å². The Labute approximate surface area is 138 Å². The number of hydrogen-bond donors (Lipinski definition) is 1. The van der Waals surface area contributed by atoms with E-state index >= 15 is 0 Å². The van der Waals surface area contributed by atoms with Crippen molar-refractivity contribution in [1.82, 2.24) is 15.0 Å². The molecule has 0 spiro atoms. The van der Waals surface area contributed by atoms with E-state index < -0.39 is 0 Å². The van der Waals surface area contributed by atoms with E-state index in [4.69, 9.17) is 4.52 Å². The molecule has 128 valence electrons. The summed E-state index contributed by atoms with van der Waals surface area (Å²) in [5.41, 5.74) is 0. The van der Waals surface area contributed by atoms with Gasteiger partial charge < -0.3 is 14.7 Å². The van der Waals surface area contributed by atoms with Gasteiger partial charge in [-0.25, -0.2) is 0 Å². The van der Waals surface area contributed by atoms with Crippen molar-refractivity contribution in [3.63, 3.8) is 0 Å². The van der Waals surface area contributed by atoms with E-state index in [9.17, 15) is 4.79 Å². The first kappa shape index (κ1) is 16.5. The van der Waals surface area contributed by atoms with Crippen molar-refractivity contribution in [2.75, 3.05) is 31.5 Å². The Morgan fingerprint density at radius 1 is 1.26 bits per heavy atom. The molecule has 3 rings (SSSR count). The predicted octanol–water partition coefficient (Wildman–Crippen LogP) is 2.26. The number of aromatic nitrogens is 1. The van der Waals surface area contributed by atoms with Crippen LogP contribution in [0.5, 0.6) is 0 Å². The smallest absolute Gasteiger partial charge is 0.242 e. The molecule has 2 fully saturated rings. The van der Waals surface area contributed by atoms with Crippen molar-refractivity contribution in [3.05, 3.63) is 11.8 Å². The third-order valence-electron chi connectivity index (χ3n) is 5.21. The molecule has 2 saturated heterocycles. The summed E-state index contributed by atoms with van der Waals surface area (Å²) >= 11 is 0. The Morgan fingerprint density at radius 2 is 1.96 bits per heavy atom. The lowest BCUT2D eigenvalue weighted by molar-refractivity contribution is -0.121. The molecule has 0 radical (unpaired) electrons. The maximum Gasteiger partial charge on any atom is 0.242 e. The number of carbonyl (C=O) groups excluding carboxylic acids is 1. The summed E-state index contributed by atoms with van der Waals surface area (Å²) < 4.78 is 4.99. The van der Waals surface area contributed by atoms with Crippen molar-refractivity contribution < 1.29 is 9.32 Å². The number of aryl methyl sites for hydroxylation is 1. The molecule has 1 N–H and O–H groups in total. The van der Waals surface area contributed by atoms with Crippen molar-refractivity contribution in [2.45, 2.75) is 58.0 Å². The number of amides is 1. The predicted molar refractivity (Wildman–Crippen MR) is 89.4 cm³/mol. The van der Waals surface area contributed by atoms with Gasteiger partial charge in [0.15, 0.2) is 5.82 Å². The first-order valence-corrected chi connectivity index (χ1v) is 8.86. The van der Waals surface area contributed by atoms with Crippen molar-refractivity contribution in [3.8, 4) is 0 Å². The number of nitrogens with one attached hydrogen (secondary N) is 1. The minimum absolute atomic E-state index is 0.00489. The monoisotopic (exact) mass is 320 g/mol. The molecular formula is C17H28N4O2. The Kier molecular flexibility index (Phi) is 5.33. The second-order valence-electron chi connectivity index (χ2n) is 6.85. The van der Waals surface area contributed by atoms with E-state index in [1.165, 1.54) is 45.2 Å². The molecule has 0 saturated carbocycles. The van der Waals surface area contributed by atoms with Crippen LogP contribution >= 0.6 is 0 Å². The summed E-state index contributed by atoms with van der Waals surface area (Å²) in [6.45, 7) is 8.29. The first-order valence-electron chi connectivity index (χ1n) is 8.86. The van der Waals surface area contributed by atoms with Gasteiger partial charge in [-0.3, -0.25) is 9.69 Å². The molecule has 6 heteroatoms. The maximum atomic E-state index is 12.4. The van der Waals surface area contributed by atoms with Crippen LogP contribution in [0.15, 0.2) is 10.6 Å². The average molecular weight is 320 g/mol. The SMILES string of the molecule is Cc1cc(NC(=O)C(C)N2CCC(N3CCCCC3)CC2)no1. The summed E-state index contributed by atoms with van der Waals surface area (Å²) in [6.07, 6.45) is 6.40. The highest BCUT2D eigenvalue weighted by Crippen LogP contribution is 2.22. The van der Waals surface area contributed by atoms with Gasteiger partial charge >= 0.3 is 0 Å². The minimum atomic E-state index is -0.130. The number of rotatable bonds is 4. The molecule has 0 bridgehead atoms. The molecular weight excluding hydrogens is 292 g/mol. The summed E-state index contributed by atoms with van der Waals surface area (Å²) in [7, 11) is 0. The minimum Gasteiger partial charge on any atom is -0.360 e. The lowest BCUT2D eigenvalue weighted by Crippen LogP contribution is -2.51. The molecule has 0 aliphatic carbocycles. The number of nitrogens with zero attached hydrogens (tertiary/aromatic N) is 3. The van der Waals surface area contributed by atoms with E-state index in [0.29, 0.717) is 17.6 Å². The second-order valence-corrected chi connectivity index (χ2v) is 6.85. The zero-order valence-electron chi connectivity index (χ0n) is 14.3. The molecule has 23 heavy (non-hydrogen) atoms. The maximum absolute atomic E-state index is 12.4. The highest BCUT2D eigenvalue weighted by atomic mass is 16.5. The van der Waals surface area contributed by atoms with Gasteiger partial charge in [-0.1, -0.05) is 11.6 Å². The van der Waals surface area contributed by atoms with Crippen LogP contribution < -0.4 is 5.32 Å². The molecule has 1 atom stereocenters. The van der Waals surface area contributed by atoms with Crippen LogP contribution in [0.3, 0.4) is 0 Å². The normalized spacial score (nSPS) is 22.9. The lowest BCUT2D eigenvalue weighted by Gasteiger charge is -2.41. The Hall–Kier alpha value is -1.40. The van der Waals surface area contributed by atoms with Crippen LogP contribution in [0, 0.1) is 6.92 Å². The highest BCUT2D eigenvalue weighted by molar-refractivity contribution is 5.93. The standard InChI is InChI=1S/C17H28N4O2/c1-13-12-16(19-23-13)18-17(22)14(2)20-10-6-15(7-11-20)21-8-4-3-5-9-21/h12,14-15H,3-11H2,1-2H3,(H,18,19,22). The zero-order valence-corrected chi connectivity index (χ0v) is 14.3. The van der Waals surface area contributed by atoms with E-state index in [2.05, 4.69) is 20.3 Å². The van der Waals surface area contributed by atoms with Gasteiger partial charge in [0.1, 0.15) is 5.76 Å². The van der Waals surface area contributed by atoms with Crippen LogP contribution in [0.2, 0.25) is 0 Å². The molecule has 2 aliphatic heterocycles. The molecule has 6 nitrogen and oxygen atoms in total. The summed E-state index contributed by atoms with van der Waals surface area (Å²) in [6, 6.07) is 2.32. The van der Waals surface area contributed by atoms with Crippen LogP contribution in [0.25, 0.3) is 0 Å². The van der Waals surface area contributed by atoms with Gasteiger partial charge in [-0.2, -0.15) is 0 Å². The van der Waals surface area contributed by atoms with E-state index in [1.54, 1.807) is 6.07 Å². The van der Waals surface area contributed by atoms with Gasteiger partial charge in [-0.15, -0.1) is 0 Å². The summed E-state index contributed by atoms with van der Waals surface area (Å²) in [5, 5.41) is 6.66. The van der Waals surface area contributed by atoms with Crippen LogP contribution in [-0.2, 0) is 4.79 Å². The fraction of sp³-hybridized carbons (Fsp3) is 0.765. The number of hydrogen-bond acceptors (Lipinski definition) is 5. The molecule has 1 aromatic heterocycles. The van der Waals surface area contributed by atoms with Gasteiger partial charge in [0.25, 0.3) is 0 Å². The van der Waals surface area contributed by atoms with E-state index in [1.807, 2.05) is 13.8 Å². The third-order valence-corrected chi connectivity index (χ3v) is 5.21. The topological polar surface area (TPSA) is 61.6 Å². The van der Waals surface area contributed by atoms with Gasteiger partial charge in [-0.05, 0) is 52.6 Å². The Morgan fingerprint density at radius 3 is 2.57 bits per heavy atom. The van der Waals surface area contributed by atoms with Gasteiger partial charge in [0.2, 0.25) is 5.91 Å². The number of carbonyl (C=O) groups is 1.